The Labute approximate surface area is 145 Å². The molecule has 2 aromatic rings. The van der Waals surface area contributed by atoms with E-state index in [1.807, 2.05) is 20.8 Å². The van der Waals surface area contributed by atoms with Gasteiger partial charge in [-0.25, -0.2) is 9.78 Å². The Morgan fingerprint density at radius 3 is 2.64 bits per heavy atom. The summed E-state index contributed by atoms with van der Waals surface area (Å²) in [6.45, 7) is 6.85. The van der Waals surface area contributed by atoms with Gasteiger partial charge in [0.05, 0.1) is 10.9 Å². The Balaban J connectivity index is 2.28. The maximum absolute atomic E-state index is 13.0. The highest BCUT2D eigenvalue weighted by Crippen LogP contribution is 2.40. The summed E-state index contributed by atoms with van der Waals surface area (Å²) < 4.78 is 1.42. The summed E-state index contributed by atoms with van der Waals surface area (Å²) in [5, 5.41) is 0.200. The van der Waals surface area contributed by atoms with Crippen LogP contribution in [0.2, 0.25) is 0 Å². The van der Waals surface area contributed by atoms with Crippen molar-refractivity contribution in [2.24, 2.45) is 5.92 Å². The average Bonchev–Trinajstić information content (AvgIpc) is 3.37. The molecule has 0 aliphatic heterocycles. The Hall–Kier alpha value is -2.44. The predicted molar refractivity (Wildman–Crippen MR) is 96.1 cm³/mol. The minimum atomic E-state index is -0.555. The second-order valence-electron chi connectivity index (χ2n) is 7.15. The molecule has 0 saturated heterocycles. The van der Waals surface area contributed by atoms with Crippen LogP contribution in [0.5, 0.6) is 0 Å². The minimum Gasteiger partial charge on any atom is -0.341 e. The minimum absolute atomic E-state index is 0.200. The number of nitrogens with one attached hydrogen (secondary N) is 1. The number of pyridine rings is 1. The first-order chi connectivity index (χ1) is 11.8. The Morgan fingerprint density at radius 2 is 2.08 bits per heavy atom. The monoisotopic (exact) mass is 344 g/mol. The summed E-state index contributed by atoms with van der Waals surface area (Å²) >= 11 is 0. The number of carbonyl (C=O) groups excluding carboxylic acids is 1. The number of fused-ring (bicyclic) bond motifs is 1. The lowest BCUT2D eigenvalue weighted by atomic mass is 10.1. The number of aromatic amines is 1. The number of hydrogen-bond acceptors (Lipinski definition) is 4. The largest absolute Gasteiger partial charge is 0.341 e. The van der Waals surface area contributed by atoms with E-state index in [1.54, 1.807) is 18.0 Å². The van der Waals surface area contributed by atoms with Crippen molar-refractivity contribution in [1.29, 1.82) is 0 Å². The fourth-order valence-corrected chi connectivity index (χ4v) is 3.18. The molecule has 25 heavy (non-hydrogen) atoms. The molecule has 0 aromatic carbocycles. The molecule has 134 valence electrons. The molecule has 1 N–H and O–H groups in total. The average molecular weight is 344 g/mol. The maximum atomic E-state index is 13.0. The maximum Gasteiger partial charge on any atom is 0.329 e. The Morgan fingerprint density at radius 1 is 1.40 bits per heavy atom. The van der Waals surface area contributed by atoms with Crippen molar-refractivity contribution in [2.75, 3.05) is 13.6 Å². The molecule has 2 heterocycles. The van der Waals surface area contributed by atoms with Gasteiger partial charge in [0.15, 0.2) is 5.65 Å². The van der Waals surface area contributed by atoms with Crippen LogP contribution in [0.25, 0.3) is 11.0 Å². The molecule has 3 rings (SSSR count). The molecule has 7 nitrogen and oxygen atoms in total. The Bertz CT molecular complexity index is 938. The number of hydrogen-bond donors (Lipinski definition) is 1. The van der Waals surface area contributed by atoms with Gasteiger partial charge in [-0.15, -0.1) is 0 Å². The molecule has 1 aliphatic rings. The Kier molecular flexibility index (Phi) is 4.49. The molecular formula is C18H24N4O3. The number of H-pyrrole nitrogens is 1. The third-order valence-electron chi connectivity index (χ3n) is 4.50. The highest BCUT2D eigenvalue weighted by molar-refractivity contribution is 6.05. The summed E-state index contributed by atoms with van der Waals surface area (Å²) in [5.74, 6) is 0.415. The van der Waals surface area contributed by atoms with E-state index in [0.717, 1.165) is 18.5 Å². The number of rotatable bonds is 5. The van der Waals surface area contributed by atoms with E-state index >= 15 is 0 Å². The van der Waals surface area contributed by atoms with Crippen molar-refractivity contribution in [3.8, 4) is 0 Å². The van der Waals surface area contributed by atoms with Gasteiger partial charge in [-0.3, -0.25) is 19.1 Å². The highest BCUT2D eigenvalue weighted by Gasteiger charge is 2.29. The molecule has 2 aromatic heterocycles. The smallest absolute Gasteiger partial charge is 0.329 e. The van der Waals surface area contributed by atoms with Gasteiger partial charge >= 0.3 is 5.69 Å². The molecule has 0 unspecified atom stereocenters. The molecule has 1 fully saturated rings. The number of aryl methyl sites for hydroxylation is 1. The van der Waals surface area contributed by atoms with Gasteiger partial charge in [-0.05, 0) is 31.7 Å². The van der Waals surface area contributed by atoms with E-state index < -0.39 is 11.2 Å². The molecule has 0 bridgehead atoms. The van der Waals surface area contributed by atoms with Gasteiger partial charge in [-0.1, -0.05) is 13.8 Å². The van der Waals surface area contributed by atoms with Crippen molar-refractivity contribution in [1.82, 2.24) is 19.4 Å². The first kappa shape index (κ1) is 17.4. The molecule has 0 atom stereocenters. The number of carbonyl (C=O) groups is 1. The van der Waals surface area contributed by atoms with Crippen molar-refractivity contribution in [3.63, 3.8) is 0 Å². The lowest BCUT2D eigenvalue weighted by Crippen LogP contribution is -2.34. The fraction of sp³-hybridized carbons (Fsp3) is 0.556. The van der Waals surface area contributed by atoms with Gasteiger partial charge in [0.2, 0.25) is 0 Å². The highest BCUT2D eigenvalue weighted by atomic mass is 16.2. The first-order valence-corrected chi connectivity index (χ1v) is 8.76. The molecule has 1 amide bonds. The number of amides is 1. The fourth-order valence-electron chi connectivity index (χ4n) is 3.18. The van der Waals surface area contributed by atoms with E-state index in [1.165, 1.54) is 4.57 Å². The van der Waals surface area contributed by atoms with E-state index in [2.05, 4.69) is 9.97 Å². The third kappa shape index (κ3) is 3.23. The van der Waals surface area contributed by atoms with Gasteiger partial charge in [0.1, 0.15) is 0 Å². The molecule has 0 radical (unpaired) electrons. The van der Waals surface area contributed by atoms with Crippen LogP contribution < -0.4 is 11.2 Å². The SMILES string of the molecule is CCn1c(=O)[nH]c(=O)c2c(C(=O)N(C)CC(C)C)cc(C3CC3)nc21. The van der Waals surface area contributed by atoms with Gasteiger partial charge in [0.25, 0.3) is 11.5 Å². The number of nitrogens with zero attached hydrogens (tertiary/aromatic N) is 3. The normalized spacial score (nSPS) is 14.3. The second kappa shape index (κ2) is 6.46. The van der Waals surface area contributed by atoms with Crippen molar-refractivity contribution < 1.29 is 4.79 Å². The zero-order valence-electron chi connectivity index (χ0n) is 15.1. The van der Waals surface area contributed by atoms with E-state index in [9.17, 15) is 14.4 Å². The van der Waals surface area contributed by atoms with Crippen molar-refractivity contribution in [2.45, 2.75) is 46.1 Å². The van der Waals surface area contributed by atoms with Crippen LogP contribution in [0.4, 0.5) is 0 Å². The van der Waals surface area contributed by atoms with Crippen LogP contribution in [-0.2, 0) is 6.54 Å². The number of aromatic nitrogens is 3. The molecule has 0 spiro atoms. The zero-order chi connectivity index (χ0) is 18.3. The second-order valence-corrected chi connectivity index (χ2v) is 7.15. The van der Waals surface area contributed by atoms with E-state index in [0.29, 0.717) is 36.1 Å². The molecule has 1 aliphatic carbocycles. The van der Waals surface area contributed by atoms with Crippen LogP contribution in [-0.4, -0.2) is 38.9 Å². The molecule has 1 saturated carbocycles. The third-order valence-corrected chi connectivity index (χ3v) is 4.50. The van der Waals surface area contributed by atoms with Gasteiger partial charge in [-0.2, -0.15) is 0 Å². The van der Waals surface area contributed by atoms with Crippen LogP contribution in [0.3, 0.4) is 0 Å². The topological polar surface area (TPSA) is 88.1 Å². The molecular weight excluding hydrogens is 320 g/mol. The van der Waals surface area contributed by atoms with E-state index in [4.69, 9.17) is 0 Å². The van der Waals surface area contributed by atoms with E-state index in [-0.39, 0.29) is 11.3 Å². The van der Waals surface area contributed by atoms with Gasteiger partial charge in [0, 0.05) is 31.7 Å². The van der Waals surface area contributed by atoms with Crippen LogP contribution in [0, 0.1) is 5.92 Å². The van der Waals surface area contributed by atoms with Gasteiger partial charge < -0.3 is 4.90 Å². The lowest BCUT2D eigenvalue weighted by molar-refractivity contribution is 0.0781. The van der Waals surface area contributed by atoms with Crippen molar-refractivity contribution in [3.05, 3.63) is 38.2 Å². The summed E-state index contributed by atoms with van der Waals surface area (Å²) in [4.78, 5) is 46.1. The first-order valence-electron chi connectivity index (χ1n) is 8.76. The molecule has 7 heteroatoms. The quantitative estimate of drug-likeness (QED) is 0.894. The van der Waals surface area contributed by atoms with Crippen LogP contribution in [0.1, 0.15) is 55.6 Å². The summed E-state index contributed by atoms with van der Waals surface area (Å²) in [6, 6.07) is 1.73. The summed E-state index contributed by atoms with van der Waals surface area (Å²) in [5.41, 5.74) is 0.386. The lowest BCUT2D eigenvalue weighted by Gasteiger charge is -2.21. The predicted octanol–water partition coefficient (Wildman–Crippen LogP) is 1.71. The standard InChI is InChI=1S/C18H24N4O3/c1-5-22-15-14(16(23)20-18(22)25)12(8-13(19-15)11-6-7-11)17(24)21(4)9-10(2)3/h8,10-11H,5-7,9H2,1-4H3,(H,20,23,25). The zero-order valence-corrected chi connectivity index (χ0v) is 15.1. The summed E-state index contributed by atoms with van der Waals surface area (Å²) in [7, 11) is 1.73. The van der Waals surface area contributed by atoms with Crippen LogP contribution >= 0.6 is 0 Å². The van der Waals surface area contributed by atoms with Crippen LogP contribution in [0.15, 0.2) is 15.7 Å². The summed E-state index contributed by atoms with van der Waals surface area (Å²) in [6.07, 6.45) is 2.04. The van der Waals surface area contributed by atoms with Crippen molar-refractivity contribution >= 4 is 16.9 Å².